The lowest BCUT2D eigenvalue weighted by Gasteiger charge is -2.19. The van der Waals surface area contributed by atoms with Gasteiger partial charge in [-0.3, -0.25) is 0 Å². The fourth-order valence-electron chi connectivity index (χ4n) is 1.94. The van der Waals surface area contributed by atoms with Crippen LogP contribution in [0.1, 0.15) is 29.5 Å². The molecule has 0 aromatic heterocycles. The molecule has 1 aromatic rings. The Hall–Kier alpha value is -1.24. The van der Waals surface area contributed by atoms with Crippen molar-refractivity contribution in [2.24, 2.45) is 0 Å². The van der Waals surface area contributed by atoms with Gasteiger partial charge >= 0.3 is 12.4 Å². The van der Waals surface area contributed by atoms with Crippen LogP contribution in [0, 0.1) is 0 Å². The van der Waals surface area contributed by atoms with Crippen molar-refractivity contribution >= 4 is 0 Å². The first-order chi connectivity index (χ1) is 8.58. The minimum atomic E-state index is -4.82. The smallest absolute Gasteiger partial charge is 0.374 e. The number of rotatable bonds is 2. The molecule has 0 radical (unpaired) electrons. The second-order valence-electron chi connectivity index (χ2n) is 4.49. The Morgan fingerprint density at radius 1 is 0.895 bits per heavy atom. The highest BCUT2D eigenvalue weighted by molar-refractivity contribution is 5.39. The highest BCUT2D eigenvalue weighted by Crippen LogP contribution is 2.50. The Bertz CT molecular complexity index is 452. The number of alkyl halides is 6. The second-order valence-corrected chi connectivity index (χ2v) is 4.49. The molecule has 0 aliphatic heterocycles. The van der Waals surface area contributed by atoms with Crippen LogP contribution in [-0.4, -0.2) is 7.11 Å². The first-order valence-electron chi connectivity index (χ1n) is 5.44. The second kappa shape index (κ2) is 4.13. The Morgan fingerprint density at radius 2 is 1.32 bits per heavy atom. The minimum Gasteiger partial charge on any atom is -0.374 e. The molecule has 0 atom stereocenters. The molecule has 1 aliphatic carbocycles. The summed E-state index contributed by atoms with van der Waals surface area (Å²) < 4.78 is 80.9. The maximum absolute atomic E-state index is 12.6. The number of ether oxygens (including phenoxy) is 1. The van der Waals surface area contributed by atoms with Crippen molar-refractivity contribution in [1.29, 1.82) is 0 Å². The lowest BCUT2D eigenvalue weighted by molar-refractivity contribution is -0.143. The normalized spacial score (nSPS) is 18.5. The third-order valence-electron chi connectivity index (χ3n) is 3.21. The predicted molar refractivity (Wildman–Crippen MR) is 54.4 cm³/mol. The van der Waals surface area contributed by atoms with Crippen LogP contribution >= 0.6 is 0 Å². The van der Waals surface area contributed by atoms with E-state index in [9.17, 15) is 26.3 Å². The van der Waals surface area contributed by atoms with E-state index in [1.807, 2.05) is 0 Å². The van der Waals surface area contributed by atoms with Gasteiger partial charge in [0.15, 0.2) is 0 Å². The minimum absolute atomic E-state index is 0.0721. The summed E-state index contributed by atoms with van der Waals surface area (Å²) in [5, 5.41) is 0. The van der Waals surface area contributed by atoms with Crippen LogP contribution in [0.2, 0.25) is 0 Å². The van der Waals surface area contributed by atoms with E-state index in [1.165, 1.54) is 7.11 Å². The average Bonchev–Trinajstić information content (AvgIpc) is 3.07. The summed E-state index contributed by atoms with van der Waals surface area (Å²) in [6.45, 7) is 0. The van der Waals surface area contributed by atoms with Gasteiger partial charge in [-0.05, 0) is 36.6 Å². The molecule has 19 heavy (non-hydrogen) atoms. The number of hydrogen-bond acceptors (Lipinski definition) is 1. The molecule has 1 saturated carbocycles. The molecule has 1 nitrogen and oxygen atoms in total. The summed E-state index contributed by atoms with van der Waals surface area (Å²) >= 11 is 0. The summed E-state index contributed by atoms with van der Waals surface area (Å²) in [6, 6.07) is 1.58. The maximum atomic E-state index is 12.6. The number of halogens is 6. The fourth-order valence-corrected chi connectivity index (χ4v) is 1.94. The van der Waals surface area contributed by atoms with Gasteiger partial charge in [-0.2, -0.15) is 26.3 Å². The van der Waals surface area contributed by atoms with Crippen LogP contribution in [0.3, 0.4) is 0 Å². The monoisotopic (exact) mass is 284 g/mol. The lowest BCUT2D eigenvalue weighted by atomic mass is 9.99. The van der Waals surface area contributed by atoms with Crippen molar-refractivity contribution in [2.75, 3.05) is 7.11 Å². The van der Waals surface area contributed by atoms with Crippen molar-refractivity contribution < 1.29 is 31.1 Å². The van der Waals surface area contributed by atoms with E-state index in [-0.39, 0.29) is 11.6 Å². The zero-order valence-electron chi connectivity index (χ0n) is 9.82. The van der Waals surface area contributed by atoms with E-state index in [2.05, 4.69) is 0 Å². The first-order valence-corrected chi connectivity index (χ1v) is 5.44. The van der Waals surface area contributed by atoms with Crippen molar-refractivity contribution in [3.05, 3.63) is 34.9 Å². The Kier molecular flexibility index (Phi) is 3.08. The lowest BCUT2D eigenvalue weighted by Crippen LogP contribution is -2.16. The first kappa shape index (κ1) is 14.2. The van der Waals surface area contributed by atoms with Crippen molar-refractivity contribution in [1.82, 2.24) is 0 Å². The van der Waals surface area contributed by atoms with Gasteiger partial charge in [-0.15, -0.1) is 0 Å². The third-order valence-corrected chi connectivity index (χ3v) is 3.21. The molecule has 0 unspecified atom stereocenters. The Labute approximate surface area is 105 Å². The largest absolute Gasteiger partial charge is 0.416 e. The van der Waals surface area contributed by atoms with E-state index in [4.69, 9.17) is 4.74 Å². The molecule has 0 bridgehead atoms. The molecule has 0 amide bonds. The van der Waals surface area contributed by atoms with Gasteiger partial charge in [0.05, 0.1) is 16.7 Å². The quantitative estimate of drug-likeness (QED) is 0.733. The third kappa shape index (κ3) is 2.70. The van der Waals surface area contributed by atoms with Crippen molar-refractivity contribution in [3.8, 4) is 0 Å². The number of benzene rings is 1. The van der Waals surface area contributed by atoms with Gasteiger partial charge in [0.25, 0.3) is 0 Å². The molecular formula is C12H10F6O. The number of hydrogen-bond donors (Lipinski definition) is 0. The Balaban J connectivity index is 2.56. The summed E-state index contributed by atoms with van der Waals surface area (Å²) in [5.41, 5.74) is -3.68. The summed E-state index contributed by atoms with van der Waals surface area (Å²) in [6.07, 6.45) is -8.80. The fraction of sp³-hybridized carbons (Fsp3) is 0.500. The zero-order valence-corrected chi connectivity index (χ0v) is 9.82. The predicted octanol–water partition coefficient (Wildman–Crippen LogP) is 4.36. The molecule has 7 heteroatoms. The van der Waals surface area contributed by atoms with Gasteiger partial charge in [0.1, 0.15) is 0 Å². The molecule has 2 rings (SSSR count). The van der Waals surface area contributed by atoms with E-state index in [0.29, 0.717) is 12.8 Å². The van der Waals surface area contributed by atoms with Crippen LogP contribution in [0.15, 0.2) is 18.2 Å². The summed E-state index contributed by atoms with van der Waals surface area (Å²) in [7, 11) is 1.28. The molecule has 1 fully saturated rings. The summed E-state index contributed by atoms with van der Waals surface area (Å²) in [5.74, 6) is 0. The summed E-state index contributed by atoms with van der Waals surface area (Å²) in [4.78, 5) is 0. The van der Waals surface area contributed by atoms with Gasteiger partial charge in [0, 0.05) is 7.11 Å². The van der Waals surface area contributed by atoms with Crippen molar-refractivity contribution in [2.45, 2.75) is 30.8 Å². The zero-order chi connectivity index (χ0) is 14.5. The van der Waals surface area contributed by atoms with E-state index in [1.54, 1.807) is 0 Å². The van der Waals surface area contributed by atoms with Crippen LogP contribution in [-0.2, 0) is 22.7 Å². The van der Waals surface area contributed by atoms with Gasteiger partial charge in [-0.1, -0.05) is 0 Å². The van der Waals surface area contributed by atoms with Crippen LogP contribution in [0.4, 0.5) is 26.3 Å². The highest BCUT2D eigenvalue weighted by Gasteiger charge is 2.47. The van der Waals surface area contributed by atoms with E-state index >= 15 is 0 Å². The van der Waals surface area contributed by atoms with Gasteiger partial charge in [0.2, 0.25) is 0 Å². The molecular weight excluding hydrogens is 274 g/mol. The molecule has 1 aliphatic rings. The molecule has 0 heterocycles. The van der Waals surface area contributed by atoms with Crippen LogP contribution in [0.5, 0.6) is 0 Å². The van der Waals surface area contributed by atoms with Gasteiger partial charge in [-0.25, -0.2) is 0 Å². The highest BCUT2D eigenvalue weighted by atomic mass is 19.4. The maximum Gasteiger partial charge on any atom is 0.416 e. The SMILES string of the molecule is COC1(c2cc(C(F)(F)F)cc(C(F)(F)F)c2)CC1. The van der Waals surface area contributed by atoms with E-state index in [0.717, 1.165) is 12.1 Å². The Morgan fingerprint density at radius 3 is 1.58 bits per heavy atom. The standard InChI is InChI=1S/C12H10F6O/c1-19-10(2-3-10)7-4-8(11(13,14)15)6-9(5-7)12(16,17)18/h4-6H,2-3H2,1H3. The average molecular weight is 284 g/mol. The molecule has 1 aromatic carbocycles. The molecule has 106 valence electrons. The van der Waals surface area contributed by atoms with Gasteiger partial charge < -0.3 is 4.74 Å². The molecule has 0 saturated heterocycles. The number of methoxy groups -OCH3 is 1. The van der Waals surface area contributed by atoms with E-state index < -0.39 is 29.1 Å². The molecule has 0 N–H and O–H groups in total. The van der Waals surface area contributed by atoms with Crippen molar-refractivity contribution in [3.63, 3.8) is 0 Å². The molecule has 0 spiro atoms. The topological polar surface area (TPSA) is 9.23 Å². The van der Waals surface area contributed by atoms with Crippen LogP contribution < -0.4 is 0 Å². The van der Waals surface area contributed by atoms with Crippen LogP contribution in [0.25, 0.3) is 0 Å².